The number of para-hydroxylation sites is 3. The number of fused-ring (bicyclic) bond motifs is 23. The molecule has 0 spiro atoms. The van der Waals surface area contributed by atoms with Crippen LogP contribution in [0, 0.1) is 0 Å². The Morgan fingerprint density at radius 2 is 0.412 bits per heavy atom. The van der Waals surface area contributed by atoms with Crippen molar-refractivity contribution in [2.45, 2.75) is 0 Å². The number of aromatic nitrogens is 9. The lowest BCUT2D eigenvalue weighted by Gasteiger charge is -2.15. The Morgan fingerprint density at radius 1 is 0.122 bits per heavy atom. The number of rotatable bonds is 8. The van der Waals surface area contributed by atoms with Crippen molar-refractivity contribution in [1.82, 2.24) is 44.3 Å². The molecule has 0 bridgehead atoms. The smallest absolute Gasteiger partial charge is 0.168 e. The summed E-state index contributed by atoms with van der Waals surface area (Å²) < 4.78 is 6.85. The van der Waals surface area contributed by atoms with Crippen LogP contribution in [-0.4, -0.2) is 44.3 Å². The largest absolute Gasteiger partial charge is 0.292 e. The lowest BCUT2D eigenvalue weighted by atomic mass is 9.92. The molecule has 0 aliphatic rings. The lowest BCUT2D eigenvalue weighted by Crippen LogP contribution is -2.02. The van der Waals surface area contributed by atoms with Crippen LogP contribution in [0.5, 0.6) is 0 Å². The van der Waals surface area contributed by atoms with E-state index in [0.29, 0.717) is 0 Å². The van der Waals surface area contributed by atoms with Crippen LogP contribution in [0.15, 0.2) is 455 Å². The van der Waals surface area contributed by atoms with Crippen LogP contribution < -0.4 is 0 Å². The number of hydrogen-bond acceptors (Lipinski definition) is 6. The van der Waals surface area contributed by atoms with E-state index in [4.69, 9.17) is 30.6 Å². The minimum atomic E-state index is 0.839. The molecule has 0 saturated carbocycles. The van der Waals surface area contributed by atoms with E-state index in [0.717, 1.165) is 117 Å². The highest BCUT2D eigenvalue weighted by atomic mass is 15.2. The van der Waals surface area contributed by atoms with Gasteiger partial charge in [-0.2, -0.15) is 0 Å². The maximum atomic E-state index is 5.01. The third kappa shape index (κ3) is 12.3. The van der Waals surface area contributed by atoms with E-state index in [1.807, 2.05) is 0 Å². The van der Waals surface area contributed by atoms with Crippen molar-refractivity contribution >= 4 is 184 Å². The van der Waals surface area contributed by atoms with Crippen molar-refractivity contribution in [1.29, 1.82) is 0 Å². The van der Waals surface area contributed by atoms with Crippen LogP contribution in [0.3, 0.4) is 0 Å². The van der Waals surface area contributed by atoms with Gasteiger partial charge >= 0.3 is 0 Å². The molecule has 28 aromatic rings. The lowest BCUT2D eigenvalue weighted by molar-refractivity contribution is 0.977. The van der Waals surface area contributed by atoms with Gasteiger partial charge in [-0.15, -0.1) is 30.6 Å². The average Bonchev–Trinajstić information content (AvgIpc) is 1.23. The molecule has 0 fully saturated rings. The molecule has 9 heteroatoms. The SMILES string of the molecule is c1ccc(-c2ccc(-c3nnc(-n4c5ccccc5c5cc6ccccc6cc54)c4ccccc34)c3ccccc23)cc1.c1ccc2cc(-c3ccc(-c4nnc(-n5c6ccccc6c6cc7ccccc7cc65)c5ccccc45)cc3)ccc2c1.c1ccc2cc3c(cc2c1)c1ccccc1n3-c1nnc(-c2ccc3c4ccccc4c4ccccc4c3c2)c2ccccc12. The molecule has 6 heterocycles. The van der Waals surface area contributed by atoms with E-state index in [-0.39, 0.29) is 0 Å². The molecule has 22 aromatic carbocycles. The fraction of sp³-hybridized carbons (Fsp3) is 0. The molecule has 0 aliphatic carbocycles. The number of benzene rings is 22. The Kier molecular flexibility index (Phi) is 17.5. The molecule has 6 aromatic heterocycles. The fourth-order valence-electron chi connectivity index (χ4n) is 20.7. The van der Waals surface area contributed by atoms with E-state index < -0.39 is 0 Å². The van der Waals surface area contributed by atoms with Crippen molar-refractivity contribution < 1.29 is 0 Å². The molecule has 131 heavy (non-hydrogen) atoms. The third-order valence-corrected chi connectivity index (χ3v) is 26.8. The molecule has 0 atom stereocenters. The van der Waals surface area contributed by atoms with E-state index in [1.54, 1.807) is 0 Å². The molecule has 0 radical (unpaired) electrons. The highest BCUT2D eigenvalue weighted by Gasteiger charge is 2.25. The Balaban J connectivity index is 0.000000103. The summed E-state index contributed by atoms with van der Waals surface area (Å²) in [6.07, 6.45) is 0. The van der Waals surface area contributed by atoms with Gasteiger partial charge in [0.2, 0.25) is 0 Å². The van der Waals surface area contributed by atoms with E-state index >= 15 is 0 Å². The maximum absolute atomic E-state index is 5.01. The van der Waals surface area contributed by atoms with Crippen molar-refractivity contribution in [3.8, 4) is 73.5 Å². The number of nitrogens with zero attached hydrogens (tertiary/aromatic N) is 9. The molecule has 0 unspecified atom stereocenters. The highest BCUT2D eigenvalue weighted by molar-refractivity contribution is 6.27. The van der Waals surface area contributed by atoms with Crippen LogP contribution in [0.25, 0.3) is 257 Å². The van der Waals surface area contributed by atoms with Crippen LogP contribution in [0.2, 0.25) is 0 Å². The zero-order valence-corrected chi connectivity index (χ0v) is 70.8. The Labute approximate surface area is 751 Å². The van der Waals surface area contributed by atoms with Gasteiger partial charge in [-0.1, -0.05) is 388 Å². The molecular weight excluding hydrogens is 1590 g/mol. The first-order valence-electron chi connectivity index (χ1n) is 44.5. The van der Waals surface area contributed by atoms with E-state index in [1.165, 1.54) is 141 Å². The average molecular weight is 1670 g/mol. The first-order chi connectivity index (χ1) is 65.0. The topological polar surface area (TPSA) is 92.1 Å². The first kappa shape index (κ1) is 74.7. The summed E-state index contributed by atoms with van der Waals surface area (Å²) >= 11 is 0. The quantitative estimate of drug-likeness (QED) is 0.141. The van der Waals surface area contributed by atoms with E-state index in [2.05, 4.69) is 469 Å². The van der Waals surface area contributed by atoms with Crippen molar-refractivity contribution in [3.63, 3.8) is 0 Å². The Hall–Kier alpha value is -17.7. The fourth-order valence-corrected chi connectivity index (χ4v) is 20.7. The van der Waals surface area contributed by atoms with Gasteiger partial charge in [0.05, 0.1) is 33.1 Å². The minimum absolute atomic E-state index is 0.839. The van der Waals surface area contributed by atoms with Crippen LogP contribution in [0.4, 0.5) is 0 Å². The van der Waals surface area contributed by atoms with Crippen LogP contribution in [-0.2, 0) is 0 Å². The van der Waals surface area contributed by atoms with Gasteiger partial charge in [0, 0.05) is 81.3 Å². The van der Waals surface area contributed by atoms with Gasteiger partial charge in [-0.3, -0.25) is 13.7 Å². The van der Waals surface area contributed by atoms with Crippen molar-refractivity contribution in [2.24, 2.45) is 0 Å². The summed E-state index contributed by atoms with van der Waals surface area (Å²) in [6.45, 7) is 0. The van der Waals surface area contributed by atoms with Crippen LogP contribution >= 0.6 is 0 Å². The second-order valence-electron chi connectivity index (χ2n) is 34.0. The minimum Gasteiger partial charge on any atom is -0.292 e. The van der Waals surface area contributed by atoms with Gasteiger partial charge in [-0.05, 0) is 175 Å². The van der Waals surface area contributed by atoms with Gasteiger partial charge < -0.3 is 0 Å². The summed E-state index contributed by atoms with van der Waals surface area (Å²) in [6, 6.07) is 162. The van der Waals surface area contributed by atoms with Crippen LogP contribution in [0.1, 0.15) is 0 Å². The van der Waals surface area contributed by atoms with Gasteiger partial charge in [0.25, 0.3) is 0 Å². The standard InChI is InChI=1S/C42H25N3.2C40H25N3/c1-2-12-27-25-40-38(23-26(27)11-1)34-17-9-10-20-39(34)45(40)42-36-19-8-7-18-35(36)41(43-44-42)28-21-22-33-31-15-4-3-13-29(31)30-14-5-6-16-32(30)37(33)24-28;1-2-10-29-23-32(22-19-26(29)9-1)27-17-20-28(21-18-27)39-34-14-5-6-15-35(34)40(42-41-39)43-37-16-8-7-13-33(37)36-24-30-11-3-4-12-31(30)25-38(36)43;1-2-12-26(13-3-1)29-22-23-34(31-17-7-6-16-30(29)31)39-33-19-8-9-20-35(33)40(42-41-39)43-37-21-11-10-18-32(37)36-24-27-14-4-5-15-28(27)25-38(36)43/h1-25H;2*1-25H. The molecular formula is C122H75N9. The van der Waals surface area contributed by atoms with Gasteiger partial charge in [0.15, 0.2) is 17.5 Å². The summed E-state index contributed by atoms with van der Waals surface area (Å²) in [5, 5.41) is 63.3. The van der Waals surface area contributed by atoms with Crippen molar-refractivity contribution in [3.05, 3.63) is 455 Å². The predicted octanol–water partition coefficient (Wildman–Crippen LogP) is 31.7. The van der Waals surface area contributed by atoms with Gasteiger partial charge in [-0.25, -0.2) is 0 Å². The van der Waals surface area contributed by atoms with Gasteiger partial charge in [0.1, 0.15) is 17.1 Å². The molecule has 9 nitrogen and oxygen atoms in total. The number of hydrogen-bond donors (Lipinski definition) is 0. The monoisotopic (exact) mass is 1670 g/mol. The predicted molar refractivity (Wildman–Crippen MR) is 549 cm³/mol. The highest BCUT2D eigenvalue weighted by Crippen LogP contribution is 2.46. The van der Waals surface area contributed by atoms with E-state index in [9.17, 15) is 0 Å². The normalized spacial score (nSPS) is 11.8. The molecule has 0 N–H and O–H groups in total. The molecule has 608 valence electrons. The zero-order valence-electron chi connectivity index (χ0n) is 70.8. The molecule has 0 saturated heterocycles. The summed E-state index contributed by atoms with van der Waals surface area (Å²) in [7, 11) is 0. The zero-order chi connectivity index (χ0) is 86.1. The summed E-state index contributed by atoms with van der Waals surface area (Å²) in [4.78, 5) is 0. The first-order valence-corrected chi connectivity index (χ1v) is 44.5. The third-order valence-electron chi connectivity index (χ3n) is 26.8. The second-order valence-corrected chi connectivity index (χ2v) is 34.0. The Bertz CT molecular complexity index is 9550. The molecule has 0 amide bonds. The second kappa shape index (κ2) is 30.6. The Morgan fingerprint density at radius 3 is 0.855 bits per heavy atom. The summed E-state index contributed by atoms with van der Waals surface area (Å²) in [5.74, 6) is 2.52. The maximum Gasteiger partial charge on any atom is 0.168 e. The summed E-state index contributed by atoms with van der Waals surface area (Å²) in [5.41, 5.74) is 17.4. The van der Waals surface area contributed by atoms with Crippen molar-refractivity contribution in [2.75, 3.05) is 0 Å². The molecule has 0 aliphatic heterocycles. The molecule has 28 rings (SSSR count).